The largest absolute Gasteiger partial charge is 0.333 e. The molecule has 0 aromatic carbocycles. The van der Waals surface area contributed by atoms with E-state index in [1.807, 2.05) is 0 Å². The van der Waals surface area contributed by atoms with Crippen LogP contribution in [0.5, 0.6) is 0 Å². The van der Waals surface area contributed by atoms with Crippen LogP contribution in [0.2, 0.25) is 0 Å². The molecule has 0 atom stereocenters. The van der Waals surface area contributed by atoms with Crippen LogP contribution in [0.3, 0.4) is 0 Å². The first kappa shape index (κ1) is 8.49. The van der Waals surface area contributed by atoms with Gasteiger partial charge in [-0.2, -0.15) is 0 Å². The number of rotatable bonds is 2. The number of aromatic nitrogens is 4. The minimum absolute atomic E-state index is 0.250. The molecule has 1 N–H and O–H groups in total. The lowest BCUT2D eigenvalue weighted by Crippen LogP contribution is -1.91. The summed E-state index contributed by atoms with van der Waals surface area (Å²) in [5, 5.41) is 0. The van der Waals surface area contributed by atoms with Crippen LogP contribution < -0.4 is 0 Å². The molecule has 6 heteroatoms. The van der Waals surface area contributed by atoms with Crippen LogP contribution in [0.15, 0.2) is 18.6 Å². The van der Waals surface area contributed by atoms with E-state index in [9.17, 15) is 9.18 Å². The Morgan fingerprint density at radius 3 is 2.50 bits per heavy atom. The van der Waals surface area contributed by atoms with Gasteiger partial charge in [0.05, 0.1) is 24.3 Å². The first-order chi connectivity index (χ1) is 6.79. The van der Waals surface area contributed by atoms with Crippen molar-refractivity contribution in [3.63, 3.8) is 0 Å². The topological polar surface area (TPSA) is 71.5 Å². The summed E-state index contributed by atoms with van der Waals surface area (Å²) in [5.41, 5.74) is 0.327. The molecule has 70 valence electrons. The van der Waals surface area contributed by atoms with Crippen molar-refractivity contribution in [2.24, 2.45) is 0 Å². The fraction of sp³-hybridized carbons (Fsp3) is 0. The van der Waals surface area contributed by atoms with Crippen molar-refractivity contribution in [3.8, 4) is 11.6 Å². The van der Waals surface area contributed by atoms with E-state index < -0.39 is 5.82 Å². The predicted molar refractivity (Wildman–Crippen MR) is 45.0 cm³/mol. The maximum Gasteiger partial charge on any atom is 0.195 e. The molecule has 0 spiro atoms. The highest BCUT2D eigenvalue weighted by Crippen LogP contribution is 2.08. The van der Waals surface area contributed by atoms with Gasteiger partial charge in [0, 0.05) is 0 Å². The number of carbonyl (C=O) groups is 1. The smallest absolute Gasteiger partial charge is 0.195 e. The summed E-state index contributed by atoms with van der Waals surface area (Å²) in [6, 6.07) is 0. The number of carbonyl (C=O) groups excluding carboxylic acids is 1. The zero-order valence-corrected chi connectivity index (χ0v) is 6.94. The lowest BCUT2D eigenvalue weighted by molar-refractivity contribution is 0.111. The van der Waals surface area contributed by atoms with Crippen molar-refractivity contribution in [3.05, 3.63) is 30.1 Å². The van der Waals surface area contributed by atoms with Crippen LogP contribution in [0.1, 0.15) is 10.5 Å². The Kier molecular flexibility index (Phi) is 2.02. The minimum Gasteiger partial charge on any atom is -0.333 e. The number of halogens is 1. The Hall–Kier alpha value is -2.11. The molecule has 2 rings (SSSR count). The Balaban J connectivity index is 2.39. The molecule has 0 fully saturated rings. The van der Waals surface area contributed by atoms with Crippen molar-refractivity contribution in [2.75, 3.05) is 0 Å². The Labute approximate surface area is 78.0 Å². The second kappa shape index (κ2) is 3.33. The summed E-state index contributed by atoms with van der Waals surface area (Å²) in [6.45, 7) is 0. The summed E-state index contributed by atoms with van der Waals surface area (Å²) in [7, 11) is 0. The maximum atomic E-state index is 12.5. The highest BCUT2D eigenvalue weighted by molar-refractivity contribution is 5.72. The Morgan fingerprint density at radius 1 is 1.21 bits per heavy atom. The molecule has 2 aromatic heterocycles. The maximum absolute atomic E-state index is 12.5. The van der Waals surface area contributed by atoms with Crippen molar-refractivity contribution in [2.45, 2.75) is 0 Å². The number of H-pyrrole nitrogens is 1. The Morgan fingerprint density at radius 2 is 1.93 bits per heavy atom. The number of hydrogen-bond donors (Lipinski definition) is 1. The van der Waals surface area contributed by atoms with Gasteiger partial charge >= 0.3 is 0 Å². The third kappa shape index (κ3) is 1.49. The monoisotopic (exact) mass is 192 g/mol. The zero-order valence-electron chi connectivity index (χ0n) is 6.94. The SMILES string of the molecule is O=Cc1cnc(-c2ncc(F)cn2)[nH]1. The summed E-state index contributed by atoms with van der Waals surface area (Å²) in [6.07, 6.45) is 4.05. The average molecular weight is 192 g/mol. The highest BCUT2D eigenvalue weighted by atomic mass is 19.1. The molecule has 2 heterocycles. The molecule has 0 bridgehead atoms. The number of hydrogen-bond acceptors (Lipinski definition) is 4. The van der Waals surface area contributed by atoms with Crippen LogP contribution in [0, 0.1) is 5.82 Å². The molecule has 0 saturated carbocycles. The van der Waals surface area contributed by atoms with Gasteiger partial charge in [-0.1, -0.05) is 0 Å². The molecule has 0 saturated heterocycles. The van der Waals surface area contributed by atoms with E-state index in [1.54, 1.807) is 0 Å². The number of aromatic amines is 1. The van der Waals surface area contributed by atoms with Crippen LogP contribution in [0.25, 0.3) is 11.6 Å². The van der Waals surface area contributed by atoms with Gasteiger partial charge in [-0.15, -0.1) is 0 Å². The third-order valence-corrected chi connectivity index (χ3v) is 1.55. The number of nitrogens with one attached hydrogen (secondary N) is 1. The van der Waals surface area contributed by atoms with Crippen LogP contribution in [-0.2, 0) is 0 Å². The average Bonchev–Trinajstić information content (AvgIpc) is 2.67. The van der Waals surface area contributed by atoms with Crippen molar-refractivity contribution in [1.82, 2.24) is 19.9 Å². The normalized spacial score (nSPS) is 10.1. The number of imidazole rings is 1. The van der Waals surface area contributed by atoms with Gasteiger partial charge in [-0.3, -0.25) is 4.79 Å². The standard InChI is InChI=1S/C8H5FN4O/c9-5-1-10-7(11-2-5)8-12-3-6(4-14)13-8/h1-4H,(H,12,13). The van der Waals surface area contributed by atoms with E-state index in [-0.39, 0.29) is 5.82 Å². The van der Waals surface area contributed by atoms with Crippen molar-refractivity contribution in [1.29, 1.82) is 0 Å². The summed E-state index contributed by atoms with van der Waals surface area (Å²) in [5.74, 6) is 0.0718. The molecule has 0 aliphatic rings. The molecule has 0 aliphatic carbocycles. The van der Waals surface area contributed by atoms with E-state index >= 15 is 0 Å². The van der Waals surface area contributed by atoms with Crippen LogP contribution in [-0.4, -0.2) is 26.2 Å². The molecular weight excluding hydrogens is 187 g/mol. The quantitative estimate of drug-likeness (QED) is 0.715. The first-order valence-corrected chi connectivity index (χ1v) is 3.77. The van der Waals surface area contributed by atoms with Gasteiger partial charge in [0.1, 0.15) is 0 Å². The van der Waals surface area contributed by atoms with E-state index in [2.05, 4.69) is 19.9 Å². The van der Waals surface area contributed by atoms with E-state index in [0.717, 1.165) is 12.4 Å². The zero-order chi connectivity index (χ0) is 9.97. The molecule has 0 aliphatic heterocycles. The van der Waals surface area contributed by atoms with Crippen molar-refractivity contribution >= 4 is 6.29 Å². The van der Waals surface area contributed by atoms with E-state index in [4.69, 9.17) is 0 Å². The fourth-order valence-electron chi connectivity index (χ4n) is 0.943. The summed E-state index contributed by atoms with van der Waals surface area (Å²) < 4.78 is 12.5. The minimum atomic E-state index is -0.518. The molecule has 0 radical (unpaired) electrons. The first-order valence-electron chi connectivity index (χ1n) is 3.77. The molecule has 0 unspecified atom stereocenters. The van der Waals surface area contributed by atoms with Gasteiger partial charge < -0.3 is 4.98 Å². The fourth-order valence-corrected chi connectivity index (χ4v) is 0.943. The molecule has 14 heavy (non-hydrogen) atoms. The second-order valence-corrected chi connectivity index (χ2v) is 2.53. The number of nitrogens with zero attached hydrogens (tertiary/aromatic N) is 3. The van der Waals surface area contributed by atoms with Gasteiger partial charge in [-0.25, -0.2) is 19.3 Å². The summed E-state index contributed by atoms with van der Waals surface area (Å²) in [4.78, 5) is 24.3. The molecule has 2 aromatic rings. The lowest BCUT2D eigenvalue weighted by Gasteiger charge is -1.92. The second-order valence-electron chi connectivity index (χ2n) is 2.53. The van der Waals surface area contributed by atoms with E-state index in [0.29, 0.717) is 17.8 Å². The summed E-state index contributed by atoms with van der Waals surface area (Å²) >= 11 is 0. The van der Waals surface area contributed by atoms with Crippen molar-refractivity contribution < 1.29 is 9.18 Å². The van der Waals surface area contributed by atoms with Gasteiger partial charge in [0.25, 0.3) is 0 Å². The Bertz CT molecular complexity index is 451. The molecular formula is C8H5FN4O. The number of aldehydes is 1. The van der Waals surface area contributed by atoms with E-state index in [1.165, 1.54) is 6.20 Å². The van der Waals surface area contributed by atoms with Crippen LogP contribution in [0.4, 0.5) is 4.39 Å². The lowest BCUT2D eigenvalue weighted by atomic mass is 10.5. The molecule has 5 nitrogen and oxygen atoms in total. The predicted octanol–water partition coefficient (Wildman–Crippen LogP) is 0.818. The molecule has 0 amide bonds. The third-order valence-electron chi connectivity index (χ3n) is 1.55. The van der Waals surface area contributed by atoms with Crippen LogP contribution >= 0.6 is 0 Å². The van der Waals surface area contributed by atoms with Gasteiger partial charge in [-0.05, 0) is 0 Å². The van der Waals surface area contributed by atoms with Gasteiger partial charge in [0.15, 0.2) is 23.8 Å². The van der Waals surface area contributed by atoms with Gasteiger partial charge in [0.2, 0.25) is 0 Å². The highest BCUT2D eigenvalue weighted by Gasteiger charge is 2.05.